The van der Waals surface area contributed by atoms with Crippen LogP contribution in [0.15, 0.2) is 42.6 Å². The van der Waals surface area contributed by atoms with E-state index in [1.807, 2.05) is 19.1 Å². The number of pyridine rings is 1. The van der Waals surface area contributed by atoms with Crippen molar-refractivity contribution in [3.8, 4) is 0 Å². The van der Waals surface area contributed by atoms with Crippen molar-refractivity contribution in [3.05, 3.63) is 54.1 Å². The van der Waals surface area contributed by atoms with Gasteiger partial charge in [0.2, 0.25) is 0 Å². The van der Waals surface area contributed by atoms with Crippen LogP contribution in [0.2, 0.25) is 0 Å². The number of primary amides is 1. The maximum Gasteiger partial charge on any atom is 0.316 e. The standard InChI is InChI=1S/C14H15FN4O/c1-9(13-7-2-10(15)8-17-13)18-11-3-5-12(6-4-11)19-14(16)20/h2-9,18H,1H3,(H3,16,19,20). The molecule has 0 fully saturated rings. The average Bonchev–Trinajstić information content (AvgIpc) is 2.41. The van der Waals surface area contributed by atoms with E-state index in [-0.39, 0.29) is 11.9 Å². The number of hydrogen-bond acceptors (Lipinski definition) is 3. The molecule has 0 aliphatic rings. The van der Waals surface area contributed by atoms with Crippen LogP contribution < -0.4 is 16.4 Å². The zero-order valence-corrected chi connectivity index (χ0v) is 10.9. The predicted octanol–water partition coefficient (Wildman–Crippen LogP) is 2.88. The van der Waals surface area contributed by atoms with Gasteiger partial charge in [0, 0.05) is 11.4 Å². The highest BCUT2D eigenvalue weighted by molar-refractivity contribution is 5.87. The van der Waals surface area contributed by atoms with Gasteiger partial charge in [0.15, 0.2) is 0 Å². The largest absolute Gasteiger partial charge is 0.377 e. The fraction of sp³-hybridized carbons (Fsp3) is 0.143. The van der Waals surface area contributed by atoms with E-state index in [1.165, 1.54) is 12.3 Å². The lowest BCUT2D eigenvalue weighted by molar-refractivity contribution is 0.259. The van der Waals surface area contributed by atoms with Gasteiger partial charge >= 0.3 is 6.03 Å². The van der Waals surface area contributed by atoms with Crippen LogP contribution in [0.4, 0.5) is 20.6 Å². The van der Waals surface area contributed by atoms with Gasteiger partial charge in [-0.05, 0) is 43.3 Å². The summed E-state index contributed by atoms with van der Waals surface area (Å²) >= 11 is 0. The fourth-order valence-corrected chi connectivity index (χ4v) is 1.76. The first-order chi connectivity index (χ1) is 9.54. The van der Waals surface area contributed by atoms with Crippen LogP contribution in [-0.2, 0) is 0 Å². The second-order valence-electron chi connectivity index (χ2n) is 4.33. The summed E-state index contributed by atoms with van der Waals surface area (Å²) in [4.78, 5) is 14.7. The number of anilines is 2. The van der Waals surface area contributed by atoms with Crippen molar-refractivity contribution in [2.75, 3.05) is 10.6 Å². The van der Waals surface area contributed by atoms with Crippen LogP contribution >= 0.6 is 0 Å². The van der Waals surface area contributed by atoms with Crippen LogP contribution in [0.3, 0.4) is 0 Å². The average molecular weight is 274 g/mol. The third-order valence-electron chi connectivity index (χ3n) is 2.73. The molecule has 1 unspecified atom stereocenters. The summed E-state index contributed by atoms with van der Waals surface area (Å²) in [5, 5.41) is 5.71. The number of amides is 2. The number of nitrogens with two attached hydrogens (primary N) is 1. The maximum absolute atomic E-state index is 12.8. The molecule has 0 bridgehead atoms. The van der Waals surface area contributed by atoms with Crippen molar-refractivity contribution < 1.29 is 9.18 Å². The number of halogens is 1. The molecule has 0 saturated carbocycles. The Labute approximate surface area is 116 Å². The SMILES string of the molecule is CC(Nc1ccc(NC(N)=O)cc1)c1ccc(F)cn1. The molecule has 2 amide bonds. The lowest BCUT2D eigenvalue weighted by atomic mass is 10.2. The first-order valence-corrected chi connectivity index (χ1v) is 6.09. The molecular weight excluding hydrogens is 259 g/mol. The molecule has 4 N–H and O–H groups in total. The first kappa shape index (κ1) is 13.8. The summed E-state index contributed by atoms with van der Waals surface area (Å²) in [5.74, 6) is -0.358. The molecular formula is C14H15FN4O. The van der Waals surface area contributed by atoms with E-state index in [0.29, 0.717) is 5.69 Å². The number of nitrogens with one attached hydrogen (secondary N) is 2. The van der Waals surface area contributed by atoms with Crippen molar-refractivity contribution in [2.24, 2.45) is 5.73 Å². The number of carbonyl (C=O) groups is 1. The molecule has 0 aliphatic carbocycles. The molecule has 1 aromatic carbocycles. The normalized spacial score (nSPS) is 11.7. The van der Waals surface area contributed by atoms with E-state index in [1.54, 1.807) is 18.2 Å². The van der Waals surface area contributed by atoms with E-state index < -0.39 is 6.03 Å². The quantitative estimate of drug-likeness (QED) is 0.802. The molecule has 0 radical (unpaired) electrons. The van der Waals surface area contributed by atoms with Gasteiger partial charge in [-0.15, -0.1) is 0 Å². The summed E-state index contributed by atoms with van der Waals surface area (Å²) in [6, 6.07) is 9.43. The second kappa shape index (κ2) is 6.01. The molecule has 0 spiro atoms. The minimum Gasteiger partial charge on any atom is -0.377 e. The Balaban J connectivity index is 2.02. The Morgan fingerprint density at radius 3 is 2.40 bits per heavy atom. The molecule has 6 heteroatoms. The Hall–Kier alpha value is -2.63. The van der Waals surface area contributed by atoms with Crippen LogP contribution in [-0.4, -0.2) is 11.0 Å². The predicted molar refractivity (Wildman–Crippen MR) is 75.9 cm³/mol. The summed E-state index contributed by atoms with van der Waals surface area (Å²) in [6.45, 7) is 1.93. The molecule has 0 saturated heterocycles. The zero-order valence-electron chi connectivity index (χ0n) is 10.9. The lowest BCUT2D eigenvalue weighted by Crippen LogP contribution is -2.19. The Morgan fingerprint density at radius 1 is 1.20 bits per heavy atom. The van der Waals surface area contributed by atoms with Gasteiger partial charge in [0.1, 0.15) is 5.82 Å². The second-order valence-corrected chi connectivity index (χ2v) is 4.33. The highest BCUT2D eigenvalue weighted by atomic mass is 19.1. The summed E-state index contributed by atoms with van der Waals surface area (Å²) in [5.41, 5.74) is 7.25. The van der Waals surface area contributed by atoms with E-state index in [2.05, 4.69) is 15.6 Å². The molecule has 2 aromatic rings. The molecule has 2 rings (SSSR count). The Kier molecular flexibility index (Phi) is 4.14. The van der Waals surface area contributed by atoms with Crippen molar-refractivity contribution in [1.29, 1.82) is 0 Å². The highest BCUT2D eigenvalue weighted by Crippen LogP contribution is 2.19. The minimum atomic E-state index is -0.602. The fourth-order valence-electron chi connectivity index (χ4n) is 1.76. The van der Waals surface area contributed by atoms with Crippen LogP contribution in [0.25, 0.3) is 0 Å². The van der Waals surface area contributed by atoms with Gasteiger partial charge in [-0.3, -0.25) is 4.98 Å². The summed E-state index contributed by atoms with van der Waals surface area (Å²) < 4.78 is 12.8. The van der Waals surface area contributed by atoms with Crippen molar-refractivity contribution in [3.63, 3.8) is 0 Å². The Bertz CT molecular complexity index is 583. The minimum absolute atomic E-state index is 0.0643. The molecule has 104 valence electrons. The third kappa shape index (κ3) is 3.68. The van der Waals surface area contributed by atoms with Gasteiger partial charge in [-0.1, -0.05) is 0 Å². The summed E-state index contributed by atoms with van der Waals surface area (Å²) in [7, 11) is 0. The summed E-state index contributed by atoms with van der Waals surface area (Å²) in [6.07, 6.45) is 1.19. The number of aromatic nitrogens is 1. The van der Waals surface area contributed by atoms with Gasteiger partial charge in [-0.2, -0.15) is 0 Å². The van der Waals surface area contributed by atoms with Crippen LogP contribution in [0.5, 0.6) is 0 Å². The topological polar surface area (TPSA) is 80.0 Å². The van der Waals surface area contributed by atoms with E-state index in [9.17, 15) is 9.18 Å². The number of hydrogen-bond donors (Lipinski definition) is 3. The van der Waals surface area contributed by atoms with Crippen LogP contribution in [0, 0.1) is 5.82 Å². The van der Waals surface area contributed by atoms with Gasteiger partial charge in [-0.25, -0.2) is 9.18 Å². The number of carbonyl (C=O) groups excluding carboxylic acids is 1. The maximum atomic E-state index is 12.8. The first-order valence-electron chi connectivity index (χ1n) is 6.09. The monoisotopic (exact) mass is 274 g/mol. The van der Waals surface area contributed by atoms with Gasteiger partial charge in [0.05, 0.1) is 17.9 Å². The zero-order chi connectivity index (χ0) is 14.5. The van der Waals surface area contributed by atoms with Crippen molar-refractivity contribution in [1.82, 2.24) is 4.98 Å². The highest BCUT2D eigenvalue weighted by Gasteiger charge is 2.07. The van der Waals surface area contributed by atoms with E-state index in [4.69, 9.17) is 5.73 Å². The molecule has 0 aliphatic heterocycles. The molecule has 1 heterocycles. The van der Waals surface area contributed by atoms with Gasteiger partial charge in [0.25, 0.3) is 0 Å². The van der Waals surface area contributed by atoms with Crippen molar-refractivity contribution >= 4 is 17.4 Å². The lowest BCUT2D eigenvalue weighted by Gasteiger charge is -2.15. The Morgan fingerprint density at radius 2 is 1.85 bits per heavy atom. The number of rotatable bonds is 4. The number of benzene rings is 1. The smallest absolute Gasteiger partial charge is 0.316 e. The molecule has 5 nitrogen and oxygen atoms in total. The number of nitrogens with zero attached hydrogens (tertiary/aromatic N) is 1. The third-order valence-corrected chi connectivity index (χ3v) is 2.73. The van der Waals surface area contributed by atoms with Crippen LogP contribution in [0.1, 0.15) is 18.7 Å². The molecule has 1 atom stereocenters. The van der Waals surface area contributed by atoms with Crippen molar-refractivity contribution in [2.45, 2.75) is 13.0 Å². The molecule has 1 aromatic heterocycles. The van der Waals surface area contributed by atoms with E-state index in [0.717, 1.165) is 11.4 Å². The molecule has 20 heavy (non-hydrogen) atoms. The van der Waals surface area contributed by atoms with Gasteiger partial charge < -0.3 is 16.4 Å². The van der Waals surface area contributed by atoms with E-state index >= 15 is 0 Å². The number of urea groups is 1.